The minimum absolute atomic E-state index is 0.363. The lowest BCUT2D eigenvalue weighted by atomic mass is 9.90. The van der Waals surface area contributed by atoms with Gasteiger partial charge in [-0.15, -0.1) is 0 Å². The number of nitrogens with zero attached hydrogens (tertiary/aromatic N) is 2. The molecule has 1 heterocycles. The molecule has 0 unspecified atom stereocenters. The fourth-order valence-corrected chi connectivity index (χ4v) is 4.87. The van der Waals surface area contributed by atoms with E-state index in [9.17, 15) is 0 Å². The molecule has 1 aliphatic rings. The van der Waals surface area contributed by atoms with Gasteiger partial charge in [0.1, 0.15) is 0 Å². The topological polar surface area (TPSA) is 42.1 Å². The van der Waals surface area contributed by atoms with Crippen LogP contribution in [-0.2, 0) is 6.42 Å². The molecule has 0 bridgehead atoms. The highest BCUT2D eigenvalue weighted by Crippen LogP contribution is 2.33. The van der Waals surface area contributed by atoms with Crippen LogP contribution in [0.4, 0.5) is 5.69 Å². The molecule has 4 heteroatoms. The Bertz CT molecular complexity index is 935. The molecule has 4 rings (SSSR count). The van der Waals surface area contributed by atoms with Gasteiger partial charge in [-0.2, -0.15) is 0 Å². The van der Waals surface area contributed by atoms with Gasteiger partial charge in [-0.3, -0.25) is 4.98 Å². The summed E-state index contributed by atoms with van der Waals surface area (Å²) >= 11 is 6.22. The molecule has 1 saturated carbocycles. The fourth-order valence-electron chi connectivity index (χ4n) is 4.70. The molecule has 3 nitrogen and oxygen atoms in total. The number of hydrogen-bond donors (Lipinski definition) is 1. The summed E-state index contributed by atoms with van der Waals surface area (Å²) < 4.78 is 0. The van der Waals surface area contributed by atoms with Crippen LogP contribution in [0.2, 0.25) is 5.02 Å². The molecule has 0 spiro atoms. The summed E-state index contributed by atoms with van der Waals surface area (Å²) in [6.45, 7) is 1.08. The summed E-state index contributed by atoms with van der Waals surface area (Å²) in [7, 11) is 0. The Morgan fingerprint density at radius 3 is 2.53 bits per heavy atom. The third kappa shape index (κ3) is 5.33. The number of aromatic nitrogens is 1. The van der Waals surface area contributed by atoms with E-state index in [0.717, 1.165) is 36.3 Å². The van der Waals surface area contributed by atoms with Crippen molar-refractivity contribution in [3.63, 3.8) is 0 Å². The molecule has 158 valence electrons. The van der Waals surface area contributed by atoms with Crippen LogP contribution in [0.1, 0.15) is 50.5 Å². The average Bonchev–Trinajstić information content (AvgIpc) is 2.77. The van der Waals surface area contributed by atoms with E-state index in [2.05, 4.69) is 52.3 Å². The van der Waals surface area contributed by atoms with Crippen molar-refractivity contribution in [3.8, 4) is 0 Å². The molecule has 30 heavy (non-hydrogen) atoms. The summed E-state index contributed by atoms with van der Waals surface area (Å²) in [5.74, 6) is 0. The number of hydrogen-bond acceptors (Lipinski definition) is 3. The van der Waals surface area contributed by atoms with Crippen molar-refractivity contribution in [2.75, 3.05) is 11.4 Å². The molecular formula is C26H32ClN3. The number of halogens is 1. The van der Waals surface area contributed by atoms with E-state index < -0.39 is 0 Å². The number of aryl methyl sites for hydroxylation is 1. The lowest BCUT2D eigenvalue weighted by molar-refractivity contribution is 0.373. The van der Waals surface area contributed by atoms with E-state index in [1.54, 1.807) is 0 Å². The lowest BCUT2D eigenvalue weighted by Gasteiger charge is -2.38. The van der Waals surface area contributed by atoms with E-state index in [-0.39, 0.29) is 0 Å². The Balaban J connectivity index is 1.46. The summed E-state index contributed by atoms with van der Waals surface area (Å²) in [6.07, 6.45) is 11.3. The van der Waals surface area contributed by atoms with Gasteiger partial charge in [0.25, 0.3) is 0 Å². The Hall–Kier alpha value is -2.10. The Labute approximate surface area is 185 Å². The van der Waals surface area contributed by atoms with Crippen molar-refractivity contribution in [1.82, 2.24) is 4.98 Å². The molecule has 2 N–H and O–H groups in total. The lowest BCUT2D eigenvalue weighted by Crippen LogP contribution is -2.41. The van der Waals surface area contributed by atoms with Gasteiger partial charge in [-0.25, -0.2) is 0 Å². The van der Waals surface area contributed by atoms with Crippen molar-refractivity contribution < 1.29 is 0 Å². The first-order chi connectivity index (χ1) is 14.7. The zero-order valence-corrected chi connectivity index (χ0v) is 18.4. The molecule has 2 aromatic carbocycles. The molecule has 1 fully saturated rings. The SMILES string of the molecule is NC1CCC(N(CCCCCc2ccccc2)c2ccnc3cc(Cl)ccc23)CC1. The Morgan fingerprint density at radius 2 is 1.73 bits per heavy atom. The first-order valence-electron chi connectivity index (χ1n) is 11.3. The highest BCUT2D eigenvalue weighted by atomic mass is 35.5. The monoisotopic (exact) mass is 421 g/mol. The van der Waals surface area contributed by atoms with Crippen LogP contribution in [-0.4, -0.2) is 23.6 Å². The minimum Gasteiger partial charge on any atom is -0.368 e. The van der Waals surface area contributed by atoms with Gasteiger partial charge in [-0.05, 0) is 74.8 Å². The molecule has 0 atom stereocenters. The van der Waals surface area contributed by atoms with Gasteiger partial charge < -0.3 is 10.6 Å². The van der Waals surface area contributed by atoms with E-state index >= 15 is 0 Å². The Morgan fingerprint density at radius 1 is 0.933 bits per heavy atom. The predicted octanol–water partition coefficient (Wildman–Crippen LogP) is 6.38. The molecule has 0 radical (unpaired) electrons. The van der Waals surface area contributed by atoms with E-state index in [0.29, 0.717) is 12.1 Å². The van der Waals surface area contributed by atoms with Crippen molar-refractivity contribution in [1.29, 1.82) is 0 Å². The summed E-state index contributed by atoms with van der Waals surface area (Å²) in [5.41, 5.74) is 9.90. The minimum atomic E-state index is 0.363. The number of unbranched alkanes of at least 4 members (excludes halogenated alkanes) is 2. The van der Waals surface area contributed by atoms with Gasteiger partial charge >= 0.3 is 0 Å². The third-order valence-electron chi connectivity index (χ3n) is 6.38. The number of nitrogens with two attached hydrogens (primary N) is 1. The Kier molecular flexibility index (Phi) is 7.24. The van der Waals surface area contributed by atoms with Crippen molar-refractivity contribution in [2.45, 2.75) is 63.5 Å². The van der Waals surface area contributed by atoms with Crippen LogP contribution >= 0.6 is 11.6 Å². The van der Waals surface area contributed by atoms with Crippen LogP contribution in [0.3, 0.4) is 0 Å². The van der Waals surface area contributed by atoms with Gasteiger partial charge in [0.05, 0.1) is 5.52 Å². The van der Waals surface area contributed by atoms with E-state index in [1.165, 1.54) is 48.7 Å². The molecule has 1 aliphatic carbocycles. The van der Waals surface area contributed by atoms with Crippen LogP contribution in [0.5, 0.6) is 0 Å². The molecule has 0 saturated heterocycles. The van der Waals surface area contributed by atoms with Crippen LogP contribution in [0, 0.1) is 0 Å². The smallest absolute Gasteiger partial charge is 0.0737 e. The standard InChI is InChI=1S/C26H32ClN3/c27-21-10-15-24-25(19-21)29-17-16-26(24)30(23-13-11-22(28)12-14-23)18-6-2-5-9-20-7-3-1-4-8-20/h1,3-4,7-8,10,15-17,19,22-23H,2,5-6,9,11-14,18,28H2. The van der Waals surface area contributed by atoms with Gasteiger partial charge in [0.2, 0.25) is 0 Å². The van der Waals surface area contributed by atoms with Crippen molar-refractivity contribution in [2.24, 2.45) is 5.73 Å². The summed E-state index contributed by atoms with van der Waals surface area (Å²) in [4.78, 5) is 7.19. The molecule has 0 aliphatic heterocycles. The number of benzene rings is 2. The van der Waals surface area contributed by atoms with Gasteiger partial charge in [-0.1, -0.05) is 48.4 Å². The summed E-state index contributed by atoms with van der Waals surface area (Å²) in [5, 5.41) is 1.93. The van der Waals surface area contributed by atoms with Crippen molar-refractivity contribution >= 4 is 28.2 Å². The first kappa shape index (κ1) is 21.1. The largest absolute Gasteiger partial charge is 0.368 e. The molecule has 0 amide bonds. The predicted molar refractivity (Wildman–Crippen MR) is 128 cm³/mol. The van der Waals surface area contributed by atoms with Crippen molar-refractivity contribution in [3.05, 3.63) is 71.4 Å². The quantitative estimate of drug-likeness (QED) is 0.429. The zero-order chi connectivity index (χ0) is 20.8. The maximum atomic E-state index is 6.22. The van der Waals surface area contributed by atoms with Gasteiger partial charge in [0.15, 0.2) is 0 Å². The summed E-state index contributed by atoms with van der Waals surface area (Å²) in [6, 6.07) is 20.0. The number of fused-ring (bicyclic) bond motifs is 1. The highest BCUT2D eigenvalue weighted by Gasteiger charge is 2.25. The number of pyridine rings is 1. The third-order valence-corrected chi connectivity index (χ3v) is 6.62. The molecule has 1 aromatic heterocycles. The average molecular weight is 422 g/mol. The molecular weight excluding hydrogens is 390 g/mol. The fraction of sp³-hybridized carbons (Fsp3) is 0.423. The highest BCUT2D eigenvalue weighted by molar-refractivity contribution is 6.31. The van der Waals surface area contributed by atoms with Gasteiger partial charge in [0, 0.05) is 40.9 Å². The second kappa shape index (κ2) is 10.3. The van der Waals surface area contributed by atoms with Crippen LogP contribution < -0.4 is 10.6 Å². The number of rotatable bonds is 8. The van der Waals surface area contributed by atoms with E-state index in [4.69, 9.17) is 17.3 Å². The maximum Gasteiger partial charge on any atom is 0.0737 e. The van der Waals surface area contributed by atoms with Crippen LogP contribution in [0.25, 0.3) is 10.9 Å². The maximum absolute atomic E-state index is 6.22. The molecule has 3 aromatic rings. The first-order valence-corrected chi connectivity index (χ1v) is 11.7. The van der Waals surface area contributed by atoms with Crippen LogP contribution in [0.15, 0.2) is 60.8 Å². The van der Waals surface area contributed by atoms with E-state index in [1.807, 2.05) is 18.3 Å². The second-order valence-corrected chi connectivity index (χ2v) is 8.99. The zero-order valence-electron chi connectivity index (χ0n) is 17.6. The second-order valence-electron chi connectivity index (χ2n) is 8.55. The normalized spacial score (nSPS) is 19.1. The number of anilines is 1.